The van der Waals surface area contributed by atoms with Gasteiger partial charge in [0.25, 0.3) is 0 Å². The van der Waals surface area contributed by atoms with E-state index in [1.165, 1.54) is 12.2 Å². The number of ketones is 1. The van der Waals surface area contributed by atoms with E-state index in [1.807, 2.05) is 6.92 Å². The van der Waals surface area contributed by atoms with Gasteiger partial charge in [-0.05, 0) is 38.5 Å². The summed E-state index contributed by atoms with van der Waals surface area (Å²) >= 11 is 12.2. The largest absolute Gasteiger partial charge is 0.361 e. The van der Waals surface area contributed by atoms with Gasteiger partial charge in [-0.25, -0.2) is 0 Å². The maximum atomic E-state index is 12.8. The lowest BCUT2D eigenvalue weighted by atomic mass is 10.0. The van der Waals surface area contributed by atoms with Gasteiger partial charge in [0, 0.05) is 21.2 Å². The predicted molar refractivity (Wildman–Crippen MR) is 109 cm³/mol. The summed E-state index contributed by atoms with van der Waals surface area (Å²) in [6.45, 7) is 9.39. The molecule has 0 unspecified atom stereocenters. The first-order valence-electron chi connectivity index (χ1n) is 8.25. The number of carbonyl (C=O) groups excluding carboxylic acids is 1. The van der Waals surface area contributed by atoms with Crippen molar-refractivity contribution >= 4 is 41.9 Å². The smallest absolute Gasteiger partial charge is 0.305 e. The molecule has 1 aromatic rings. The molecule has 0 bridgehead atoms. The van der Waals surface area contributed by atoms with Crippen molar-refractivity contribution < 1.29 is 18.4 Å². The highest BCUT2D eigenvalue weighted by molar-refractivity contribution is 7.62. The molecular formula is C19H23Cl2O4P. The summed E-state index contributed by atoms with van der Waals surface area (Å²) in [6.07, 6.45) is 3.41. The van der Waals surface area contributed by atoms with E-state index in [4.69, 9.17) is 32.2 Å². The summed E-state index contributed by atoms with van der Waals surface area (Å²) < 4.78 is 23.4. The van der Waals surface area contributed by atoms with Crippen LogP contribution in [-0.4, -0.2) is 19.0 Å². The van der Waals surface area contributed by atoms with Gasteiger partial charge in [-0.3, -0.25) is 9.36 Å². The lowest BCUT2D eigenvalue weighted by Crippen LogP contribution is -2.12. The van der Waals surface area contributed by atoms with Crippen molar-refractivity contribution in [2.45, 2.75) is 27.2 Å². The van der Waals surface area contributed by atoms with Gasteiger partial charge in [-0.15, -0.1) is 0 Å². The minimum absolute atomic E-state index is 0.252. The summed E-state index contributed by atoms with van der Waals surface area (Å²) in [5.74, 6) is -0.286. The Morgan fingerprint density at radius 3 is 2.08 bits per heavy atom. The summed E-state index contributed by atoms with van der Waals surface area (Å²) in [6, 6.07) is 6.26. The van der Waals surface area contributed by atoms with E-state index in [-0.39, 0.29) is 19.0 Å². The highest BCUT2D eigenvalue weighted by Crippen LogP contribution is 2.46. The zero-order chi connectivity index (χ0) is 19.7. The first-order chi connectivity index (χ1) is 12.3. The van der Waals surface area contributed by atoms with Gasteiger partial charge >= 0.3 is 7.60 Å². The molecule has 142 valence electrons. The summed E-state index contributed by atoms with van der Waals surface area (Å²) in [7, 11) is -3.39. The first-order valence-corrected chi connectivity index (χ1v) is 10.5. The Bertz CT molecular complexity index is 741. The molecule has 7 heteroatoms. The Kier molecular flexibility index (Phi) is 9.56. The molecule has 0 atom stereocenters. The molecule has 0 heterocycles. The molecule has 0 aromatic heterocycles. The van der Waals surface area contributed by atoms with Crippen LogP contribution in [0.5, 0.6) is 0 Å². The molecule has 26 heavy (non-hydrogen) atoms. The lowest BCUT2D eigenvalue weighted by Gasteiger charge is -2.17. The van der Waals surface area contributed by atoms with Gasteiger partial charge in [0.1, 0.15) is 0 Å². The van der Waals surface area contributed by atoms with E-state index in [0.29, 0.717) is 32.9 Å². The van der Waals surface area contributed by atoms with Crippen LogP contribution in [0.2, 0.25) is 0 Å². The van der Waals surface area contributed by atoms with Crippen molar-refractivity contribution in [3.63, 3.8) is 0 Å². The normalized spacial score (nSPS) is 13.3. The van der Waals surface area contributed by atoms with E-state index in [1.54, 1.807) is 38.1 Å². The molecule has 0 N–H and O–H groups in total. The number of benzene rings is 1. The fraction of sp³-hybridized carbons (Fsp3) is 0.316. The maximum Gasteiger partial charge on any atom is 0.361 e. The summed E-state index contributed by atoms with van der Waals surface area (Å²) in [5.41, 5.74) is 0.685. The summed E-state index contributed by atoms with van der Waals surface area (Å²) in [5, 5.41) is 1.10. The minimum atomic E-state index is -3.39. The predicted octanol–water partition coefficient (Wildman–Crippen LogP) is 5.97. The van der Waals surface area contributed by atoms with Crippen LogP contribution in [0.4, 0.5) is 0 Å². The molecule has 0 fully saturated rings. The Hall–Kier alpha value is -1.16. The van der Waals surface area contributed by atoms with Crippen LogP contribution < -0.4 is 5.30 Å². The molecule has 1 rings (SSSR count). The molecule has 4 nitrogen and oxygen atoms in total. The minimum Gasteiger partial charge on any atom is -0.305 e. The van der Waals surface area contributed by atoms with Crippen molar-refractivity contribution in [3.8, 4) is 0 Å². The highest BCUT2D eigenvalue weighted by atomic mass is 35.5. The van der Waals surface area contributed by atoms with Crippen molar-refractivity contribution in [2.75, 3.05) is 13.2 Å². The molecule has 0 radical (unpaired) electrons. The Morgan fingerprint density at radius 1 is 1.12 bits per heavy atom. The monoisotopic (exact) mass is 416 g/mol. The maximum absolute atomic E-state index is 12.8. The van der Waals surface area contributed by atoms with E-state index < -0.39 is 7.60 Å². The van der Waals surface area contributed by atoms with Crippen molar-refractivity contribution in [1.82, 2.24) is 0 Å². The standard InChI is InChI=1S/C19H23Cl2O4P/c1-5-15(20)13-17(18(21)6-2)19(22)14-9-11-16(12-10-14)26(23,24-7-3)25-8-4/h5,9-13H,1,6-8H2,2-4H3/b15-13+,18-17-. The SMILES string of the molecule is C=C/C(Cl)=C\C(C(=O)c1ccc(P(=O)(OCC)OCC)cc1)=C(\Cl)CC. The van der Waals surface area contributed by atoms with Gasteiger partial charge in [0.2, 0.25) is 0 Å². The molecule has 0 aliphatic heterocycles. The lowest BCUT2D eigenvalue weighted by molar-refractivity contribution is 0.103. The number of allylic oxidation sites excluding steroid dienone is 5. The fourth-order valence-electron chi connectivity index (χ4n) is 2.13. The molecule has 0 aliphatic carbocycles. The Morgan fingerprint density at radius 2 is 1.65 bits per heavy atom. The van der Waals surface area contributed by atoms with Gasteiger partial charge in [-0.1, -0.05) is 54.9 Å². The van der Waals surface area contributed by atoms with E-state index in [9.17, 15) is 9.36 Å². The topological polar surface area (TPSA) is 52.6 Å². The van der Waals surface area contributed by atoms with Crippen molar-refractivity contribution in [1.29, 1.82) is 0 Å². The van der Waals surface area contributed by atoms with E-state index >= 15 is 0 Å². The molecule has 0 amide bonds. The van der Waals surface area contributed by atoms with Crippen molar-refractivity contribution in [3.05, 3.63) is 64.2 Å². The van der Waals surface area contributed by atoms with Crippen LogP contribution in [0.25, 0.3) is 0 Å². The summed E-state index contributed by atoms with van der Waals surface area (Å²) in [4.78, 5) is 12.8. The molecule has 0 spiro atoms. The first kappa shape index (κ1) is 22.9. The number of rotatable bonds is 10. The molecule has 0 saturated carbocycles. The number of hydrogen-bond acceptors (Lipinski definition) is 4. The molecular weight excluding hydrogens is 394 g/mol. The Labute approximate surface area is 165 Å². The number of hydrogen-bond donors (Lipinski definition) is 0. The van der Waals surface area contributed by atoms with Crippen LogP contribution in [0.15, 0.2) is 58.6 Å². The Balaban J connectivity index is 3.26. The van der Waals surface area contributed by atoms with Crippen molar-refractivity contribution in [2.24, 2.45) is 0 Å². The van der Waals surface area contributed by atoms with Gasteiger partial charge < -0.3 is 9.05 Å². The zero-order valence-electron chi connectivity index (χ0n) is 15.1. The fourth-order valence-corrected chi connectivity index (χ4v) is 3.95. The average Bonchev–Trinajstić information content (AvgIpc) is 2.65. The highest BCUT2D eigenvalue weighted by Gasteiger charge is 2.27. The number of carbonyl (C=O) groups is 1. The van der Waals surface area contributed by atoms with Gasteiger partial charge in [0.15, 0.2) is 5.78 Å². The second kappa shape index (κ2) is 10.9. The molecule has 0 saturated heterocycles. The van der Waals surface area contributed by atoms with Gasteiger partial charge in [0.05, 0.1) is 18.5 Å². The zero-order valence-corrected chi connectivity index (χ0v) is 17.5. The van der Waals surface area contributed by atoms with E-state index in [0.717, 1.165) is 0 Å². The van der Waals surface area contributed by atoms with E-state index in [2.05, 4.69) is 6.58 Å². The second-order valence-corrected chi connectivity index (χ2v) is 8.03. The van der Waals surface area contributed by atoms with Crippen LogP contribution in [0, 0.1) is 0 Å². The second-order valence-electron chi connectivity index (χ2n) is 5.11. The number of halogens is 2. The quantitative estimate of drug-likeness (QED) is 0.204. The molecule has 1 aromatic carbocycles. The third-order valence-electron chi connectivity index (χ3n) is 3.37. The van der Waals surface area contributed by atoms with Crippen LogP contribution in [0.1, 0.15) is 37.6 Å². The molecule has 0 aliphatic rings. The van der Waals surface area contributed by atoms with Crippen LogP contribution >= 0.6 is 30.8 Å². The number of Topliss-reactive ketones (excluding diaryl/α,β-unsaturated/α-hetero) is 1. The van der Waals surface area contributed by atoms with Crippen LogP contribution in [-0.2, 0) is 13.6 Å². The third kappa shape index (κ3) is 5.94. The van der Waals surface area contributed by atoms with Crippen LogP contribution in [0.3, 0.4) is 0 Å². The third-order valence-corrected chi connectivity index (χ3v) is 6.23. The average molecular weight is 417 g/mol. The van der Waals surface area contributed by atoms with Gasteiger partial charge in [-0.2, -0.15) is 0 Å².